The smallest absolute Gasteiger partial charge is 0.302 e. The number of nitrogens with zero attached hydrogens (tertiary/aromatic N) is 2. The number of piperidine rings is 1. The van der Waals surface area contributed by atoms with Crippen molar-refractivity contribution in [1.29, 1.82) is 0 Å². The first kappa shape index (κ1) is 14.4. The van der Waals surface area contributed by atoms with E-state index >= 15 is 0 Å². The molecule has 0 amide bonds. The fourth-order valence-electron chi connectivity index (χ4n) is 3.56. The summed E-state index contributed by atoms with van der Waals surface area (Å²) in [6, 6.07) is 0. The van der Waals surface area contributed by atoms with Gasteiger partial charge in [0.15, 0.2) is 0 Å². The summed E-state index contributed by atoms with van der Waals surface area (Å²) in [7, 11) is 0. The first-order valence-electron chi connectivity index (χ1n) is 7.14. The molecule has 3 aliphatic rings. The maximum absolute atomic E-state index is 12.8. The average Bonchev–Trinajstić information content (AvgIpc) is 2.99. The van der Waals surface area contributed by atoms with Gasteiger partial charge in [0.25, 0.3) is 0 Å². The van der Waals surface area contributed by atoms with Crippen molar-refractivity contribution in [2.45, 2.75) is 31.9 Å². The van der Waals surface area contributed by atoms with Crippen molar-refractivity contribution >= 4 is 18.3 Å². The number of fused-ring (bicyclic) bond motifs is 1. The van der Waals surface area contributed by atoms with Crippen LogP contribution in [0.15, 0.2) is 16.8 Å². The Hall–Kier alpha value is -0.490. The molecule has 1 saturated carbocycles. The van der Waals surface area contributed by atoms with Crippen LogP contribution in [0.2, 0.25) is 0 Å². The number of aliphatic imine (C=N–C) groups is 1. The molecule has 112 valence electrons. The molecule has 3 rings (SSSR count). The molecule has 2 aliphatic heterocycles. The van der Waals surface area contributed by atoms with Gasteiger partial charge in [0.2, 0.25) is 0 Å². The molecular weight excluding hydrogens is 285 g/mol. The molecule has 0 radical (unpaired) electrons. The van der Waals surface area contributed by atoms with Crippen molar-refractivity contribution < 1.29 is 13.2 Å². The standard InChI is InChI=1S/C14H19F3N2S/c15-14(16,17)12-4-1-3-11(18-12)13-7-10(13)8-19(9-13)5-2-6-20/h3,10,20H,1-2,4-9H2. The summed E-state index contributed by atoms with van der Waals surface area (Å²) in [5.41, 5.74) is 0.0336. The van der Waals surface area contributed by atoms with E-state index in [1.807, 2.05) is 6.08 Å². The number of hydrogen-bond donors (Lipinski definition) is 1. The second-order valence-corrected chi connectivity index (χ2v) is 6.50. The molecule has 2 unspecified atom stereocenters. The first-order chi connectivity index (χ1) is 9.45. The monoisotopic (exact) mass is 304 g/mol. The highest BCUT2D eigenvalue weighted by Gasteiger charge is 2.62. The molecule has 0 N–H and O–H groups in total. The van der Waals surface area contributed by atoms with Crippen molar-refractivity contribution in [3.05, 3.63) is 11.8 Å². The summed E-state index contributed by atoms with van der Waals surface area (Å²) in [5, 5.41) is 0. The lowest BCUT2D eigenvalue weighted by atomic mass is 9.97. The predicted octanol–water partition coefficient (Wildman–Crippen LogP) is 3.31. The number of halogens is 3. The summed E-state index contributed by atoms with van der Waals surface area (Å²) in [4.78, 5) is 6.32. The van der Waals surface area contributed by atoms with Gasteiger partial charge >= 0.3 is 6.18 Å². The Bertz CT molecular complexity index is 458. The SMILES string of the molecule is FC(F)(F)C1=NC(C23CC2CN(CCCS)C3)=CCC1. The number of allylic oxidation sites excluding steroid dienone is 1. The molecule has 0 aromatic rings. The van der Waals surface area contributed by atoms with Crippen molar-refractivity contribution in [1.82, 2.24) is 4.90 Å². The van der Waals surface area contributed by atoms with Crippen LogP contribution in [0.3, 0.4) is 0 Å². The van der Waals surface area contributed by atoms with Gasteiger partial charge < -0.3 is 4.90 Å². The van der Waals surface area contributed by atoms with Gasteiger partial charge in [0.05, 0.1) is 0 Å². The Kier molecular flexibility index (Phi) is 3.65. The molecule has 2 atom stereocenters. The Labute approximate surface area is 122 Å². The van der Waals surface area contributed by atoms with Gasteiger partial charge in [0, 0.05) is 24.2 Å². The molecule has 2 fully saturated rings. The van der Waals surface area contributed by atoms with E-state index in [9.17, 15) is 13.2 Å². The summed E-state index contributed by atoms with van der Waals surface area (Å²) in [5.74, 6) is 1.36. The van der Waals surface area contributed by atoms with Gasteiger partial charge in [-0.25, -0.2) is 0 Å². The van der Waals surface area contributed by atoms with Crippen LogP contribution in [0, 0.1) is 11.3 Å². The average molecular weight is 304 g/mol. The molecule has 0 spiro atoms. The van der Waals surface area contributed by atoms with Crippen LogP contribution in [-0.2, 0) is 0 Å². The zero-order valence-corrected chi connectivity index (χ0v) is 12.2. The quantitative estimate of drug-likeness (QED) is 0.788. The number of alkyl halides is 3. The van der Waals surface area contributed by atoms with E-state index in [0.717, 1.165) is 38.2 Å². The summed E-state index contributed by atoms with van der Waals surface area (Å²) < 4.78 is 38.4. The van der Waals surface area contributed by atoms with E-state index in [-0.39, 0.29) is 11.8 Å². The highest BCUT2D eigenvalue weighted by molar-refractivity contribution is 7.80. The minimum absolute atomic E-state index is 0.0249. The fourth-order valence-corrected chi connectivity index (χ4v) is 3.70. The van der Waals surface area contributed by atoms with Gasteiger partial charge in [-0.1, -0.05) is 6.08 Å². The maximum atomic E-state index is 12.8. The molecule has 6 heteroatoms. The third-order valence-corrected chi connectivity index (χ3v) is 4.98. The molecule has 2 nitrogen and oxygen atoms in total. The van der Waals surface area contributed by atoms with E-state index in [1.165, 1.54) is 0 Å². The van der Waals surface area contributed by atoms with Gasteiger partial charge in [-0.05, 0) is 43.9 Å². The molecule has 1 aliphatic carbocycles. The Morgan fingerprint density at radius 1 is 1.45 bits per heavy atom. The van der Waals surface area contributed by atoms with Crippen molar-refractivity contribution in [2.24, 2.45) is 16.3 Å². The van der Waals surface area contributed by atoms with E-state index in [0.29, 0.717) is 18.0 Å². The normalized spacial score (nSPS) is 33.7. The van der Waals surface area contributed by atoms with Crippen LogP contribution in [-0.4, -0.2) is 42.2 Å². The van der Waals surface area contributed by atoms with E-state index in [1.54, 1.807) is 0 Å². The van der Waals surface area contributed by atoms with Crippen molar-refractivity contribution in [3.63, 3.8) is 0 Å². The number of thiol groups is 1. The molecule has 0 bridgehead atoms. The number of likely N-dealkylation sites (tertiary alicyclic amines) is 1. The second-order valence-electron chi connectivity index (χ2n) is 6.05. The first-order valence-corrected chi connectivity index (χ1v) is 7.77. The fraction of sp³-hybridized carbons (Fsp3) is 0.786. The summed E-state index contributed by atoms with van der Waals surface area (Å²) in [6.07, 6.45) is 0.185. The van der Waals surface area contributed by atoms with Crippen LogP contribution >= 0.6 is 12.6 Å². The Morgan fingerprint density at radius 3 is 2.95 bits per heavy atom. The molecular formula is C14H19F3N2S. The third-order valence-electron chi connectivity index (χ3n) is 4.66. The second kappa shape index (κ2) is 5.05. The van der Waals surface area contributed by atoms with Crippen LogP contribution in [0.1, 0.15) is 25.7 Å². The number of hydrogen-bond acceptors (Lipinski definition) is 3. The molecule has 2 heterocycles. The van der Waals surface area contributed by atoms with E-state index < -0.39 is 11.9 Å². The Morgan fingerprint density at radius 2 is 2.25 bits per heavy atom. The predicted molar refractivity (Wildman–Crippen MR) is 76.3 cm³/mol. The van der Waals surface area contributed by atoms with Gasteiger partial charge in [-0.15, -0.1) is 0 Å². The van der Waals surface area contributed by atoms with Gasteiger partial charge in [-0.3, -0.25) is 4.99 Å². The minimum Gasteiger partial charge on any atom is -0.302 e. The number of rotatable bonds is 4. The zero-order valence-electron chi connectivity index (χ0n) is 11.3. The molecule has 0 aromatic carbocycles. The van der Waals surface area contributed by atoms with Gasteiger partial charge in [0.1, 0.15) is 5.71 Å². The highest BCUT2D eigenvalue weighted by atomic mass is 32.1. The zero-order chi connectivity index (χ0) is 14.4. The van der Waals surface area contributed by atoms with Crippen molar-refractivity contribution in [3.8, 4) is 0 Å². The summed E-state index contributed by atoms with van der Waals surface area (Å²) in [6.45, 7) is 2.86. The lowest BCUT2D eigenvalue weighted by Crippen LogP contribution is -2.29. The highest BCUT2D eigenvalue weighted by Crippen LogP contribution is 2.63. The topological polar surface area (TPSA) is 15.6 Å². The van der Waals surface area contributed by atoms with Crippen molar-refractivity contribution in [2.75, 3.05) is 25.4 Å². The molecule has 0 aromatic heterocycles. The van der Waals surface area contributed by atoms with Crippen LogP contribution in [0.5, 0.6) is 0 Å². The third kappa shape index (κ3) is 2.52. The van der Waals surface area contributed by atoms with E-state index in [4.69, 9.17) is 0 Å². The van der Waals surface area contributed by atoms with E-state index in [2.05, 4.69) is 22.5 Å². The summed E-state index contributed by atoms with van der Waals surface area (Å²) >= 11 is 4.21. The van der Waals surface area contributed by atoms with Crippen LogP contribution in [0.25, 0.3) is 0 Å². The minimum atomic E-state index is -4.27. The molecule has 1 saturated heterocycles. The van der Waals surface area contributed by atoms with Crippen LogP contribution < -0.4 is 0 Å². The maximum Gasteiger partial charge on any atom is 0.429 e. The lowest BCUT2D eigenvalue weighted by Gasteiger charge is -2.23. The Balaban J connectivity index is 1.72. The lowest BCUT2D eigenvalue weighted by molar-refractivity contribution is -0.0607. The largest absolute Gasteiger partial charge is 0.429 e. The molecule has 20 heavy (non-hydrogen) atoms. The van der Waals surface area contributed by atoms with Crippen LogP contribution in [0.4, 0.5) is 13.2 Å². The van der Waals surface area contributed by atoms with Gasteiger partial charge in [-0.2, -0.15) is 25.8 Å².